The summed E-state index contributed by atoms with van der Waals surface area (Å²) in [6.07, 6.45) is 5.98. The van der Waals surface area contributed by atoms with Crippen molar-refractivity contribution in [3.05, 3.63) is 0 Å². The number of unbranched alkanes of at least 4 members (excludes halogenated alkanes) is 2. The summed E-state index contributed by atoms with van der Waals surface area (Å²) in [5.41, 5.74) is 0. The first-order chi connectivity index (χ1) is 10.1. The van der Waals surface area contributed by atoms with E-state index in [-0.39, 0.29) is 30.2 Å². The van der Waals surface area contributed by atoms with E-state index in [0.717, 1.165) is 38.5 Å². The number of hydrogen-bond acceptors (Lipinski definition) is 3. The van der Waals surface area contributed by atoms with Crippen LogP contribution in [0, 0.1) is 5.92 Å². The van der Waals surface area contributed by atoms with E-state index >= 15 is 0 Å². The minimum atomic E-state index is -0.778. The van der Waals surface area contributed by atoms with Gasteiger partial charge in [-0.15, -0.1) is 0 Å². The van der Waals surface area contributed by atoms with Crippen LogP contribution in [0.25, 0.3) is 0 Å². The lowest BCUT2D eigenvalue weighted by molar-refractivity contribution is -0.139. The van der Waals surface area contributed by atoms with E-state index in [1.807, 2.05) is 0 Å². The molecule has 0 aromatic rings. The van der Waals surface area contributed by atoms with Gasteiger partial charge in [-0.2, -0.15) is 0 Å². The summed E-state index contributed by atoms with van der Waals surface area (Å²) in [6.45, 7) is 1.26. The molecule has 6 heteroatoms. The van der Waals surface area contributed by atoms with Crippen LogP contribution in [0.3, 0.4) is 0 Å². The van der Waals surface area contributed by atoms with E-state index in [1.165, 1.54) is 0 Å². The fourth-order valence-electron chi connectivity index (χ4n) is 2.78. The zero-order chi connectivity index (χ0) is 15.2. The average Bonchev–Trinajstić information content (AvgIpc) is 3.18. The molecule has 1 aliphatic heterocycles. The highest BCUT2D eigenvalue weighted by Crippen LogP contribution is 2.33. The van der Waals surface area contributed by atoms with Gasteiger partial charge in [0.25, 0.3) is 0 Å². The Balaban J connectivity index is 1.65. The minimum Gasteiger partial charge on any atom is -0.481 e. The van der Waals surface area contributed by atoms with Crippen molar-refractivity contribution in [1.82, 2.24) is 10.2 Å². The molecule has 1 atom stereocenters. The topological polar surface area (TPSA) is 86.7 Å². The quantitative estimate of drug-likeness (QED) is 0.658. The van der Waals surface area contributed by atoms with Gasteiger partial charge < -0.3 is 15.3 Å². The summed E-state index contributed by atoms with van der Waals surface area (Å²) < 4.78 is 0. The van der Waals surface area contributed by atoms with Crippen LogP contribution < -0.4 is 5.32 Å². The van der Waals surface area contributed by atoms with Crippen molar-refractivity contribution in [2.45, 2.75) is 57.4 Å². The Morgan fingerprint density at radius 3 is 2.52 bits per heavy atom. The first-order valence-electron chi connectivity index (χ1n) is 7.89. The van der Waals surface area contributed by atoms with Crippen LogP contribution in [0.4, 0.5) is 0 Å². The van der Waals surface area contributed by atoms with Gasteiger partial charge in [0.2, 0.25) is 11.8 Å². The Morgan fingerprint density at radius 2 is 1.86 bits per heavy atom. The Hall–Kier alpha value is -1.59. The molecule has 6 nitrogen and oxygen atoms in total. The van der Waals surface area contributed by atoms with Gasteiger partial charge in [-0.3, -0.25) is 14.4 Å². The summed E-state index contributed by atoms with van der Waals surface area (Å²) in [5.74, 6) is -0.525. The van der Waals surface area contributed by atoms with Crippen molar-refractivity contribution in [3.8, 4) is 0 Å². The molecular weight excluding hydrogens is 272 g/mol. The van der Waals surface area contributed by atoms with E-state index in [9.17, 15) is 14.4 Å². The number of amides is 2. The maximum absolute atomic E-state index is 12.1. The number of aliphatic carboxylic acids is 1. The lowest BCUT2D eigenvalue weighted by atomic mass is 10.1. The highest BCUT2D eigenvalue weighted by Gasteiger charge is 2.40. The van der Waals surface area contributed by atoms with E-state index in [2.05, 4.69) is 5.32 Å². The summed E-state index contributed by atoms with van der Waals surface area (Å²) in [7, 11) is 0. The fraction of sp³-hybridized carbons (Fsp3) is 0.800. The first-order valence-corrected chi connectivity index (χ1v) is 7.89. The predicted octanol–water partition coefficient (Wildman–Crippen LogP) is 1.15. The van der Waals surface area contributed by atoms with Crippen molar-refractivity contribution >= 4 is 17.8 Å². The fourth-order valence-corrected chi connectivity index (χ4v) is 2.78. The summed E-state index contributed by atoms with van der Waals surface area (Å²) in [4.78, 5) is 36.4. The molecule has 21 heavy (non-hydrogen) atoms. The van der Waals surface area contributed by atoms with Gasteiger partial charge in [0.1, 0.15) is 6.04 Å². The van der Waals surface area contributed by atoms with Crippen LogP contribution in [0.15, 0.2) is 0 Å². The normalized spacial score (nSPS) is 21.3. The van der Waals surface area contributed by atoms with Gasteiger partial charge in [0.15, 0.2) is 0 Å². The molecule has 0 radical (unpaired) electrons. The minimum absolute atomic E-state index is 0.0558. The summed E-state index contributed by atoms with van der Waals surface area (Å²) in [6, 6.07) is -0.294. The number of carboxylic acid groups (broad SMARTS) is 1. The molecule has 2 N–H and O–H groups in total. The number of nitrogens with zero attached hydrogens (tertiary/aromatic N) is 1. The van der Waals surface area contributed by atoms with Gasteiger partial charge in [0.05, 0.1) is 0 Å². The number of rotatable bonds is 8. The Bertz CT molecular complexity index is 406. The summed E-state index contributed by atoms with van der Waals surface area (Å²) in [5, 5.41) is 11.4. The average molecular weight is 296 g/mol. The third-order valence-electron chi connectivity index (χ3n) is 4.13. The third-order valence-corrected chi connectivity index (χ3v) is 4.13. The second-order valence-electron chi connectivity index (χ2n) is 5.96. The maximum Gasteiger partial charge on any atom is 0.303 e. The molecule has 0 aromatic heterocycles. The number of carboxylic acids is 1. The highest BCUT2D eigenvalue weighted by atomic mass is 16.4. The van der Waals surface area contributed by atoms with Gasteiger partial charge in [0, 0.05) is 25.4 Å². The van der Waals surface area contributed by atoms with Crippen LogP contribution in [0.1, 0.15) is 51.4 Å². The number of nitrogens with one attached hydrogen (secondary N) is 1. The lowest BCUT2D eigenvalue weighted by Crippen LogP contribution is -2.46. The van der Waals surface area contributed by atoms with E-state index in [0.29, 0.717) is 19.5 Å². The lowest BCUT2D eigenvalue weighted by Gasteiger charge is -2.24. The van der Waals surface area contributed by atoms with Gasteiger partial charge >= 0.3 is 5.97 Å². The van der Waals surface area contributed by atoms with E-state index < -0.39 is 5.97 Å². The smallest absolute Gasteiger partial charge is 0.303 e. The Kier molecular flexibility index (Phi) is 5.59. The summed E-state index contributed by atoms with van der Waals surface area (Å²) >= 11 is 0. The molecule has 1 unspecified atom stereocenters. The molecule has 0 aromatic carbocycles. The largest absolute Gasteiger partial charge is 0.481 e. The highest BCUT2D eigenvalue weighted by molar-refractivity contribution is 5.89. The van der Waals surface area contributed by atoms with Crippen LogP contribution in [0.5, 0.6) is 0 Å². The maximum atomic E-state index is 12.1. The van der Waals surface area contributed by atoms with Crippen LogP contribution in [-0.4, -0.2) is 46.9 Å². The Labute approximate surface area is 124 Å². The second-order valence-corrected chi connectivity index (χ2v) is 5.96. The molecule has 1 saturated heterocycles. The molecule has 2 amide bonds. The molecule has 2 fully saturated rings. The van der Waals surface area contributed by atoms with Crippen molar-refractivity contribution in [1.29, 1.82) is 0 Å². The zero-order valence-corrected chi connectivity index (χ0v) is 12.3. The molecule has 2 rings (SSSR count). The van der Waals surface area contributed by atoms with Crippen molar-refractivity contribution < 1.29 is 19.5 Å². The van der Waals surface area contributed by atoms with E-state index in [1.54, 1.807) is 4.90 Å². The molecule has 2 aliphatic rings. The molecule has 1 heterocycles. The predicted molar refractivity (Wildman–Crippen MR) is 76.6 cm³/mol. The molecular formula is C15H24N2O4. The number of carbonyl (C=O) groups excluding carboxylic acids is 2. The monoisotopic (exact) mass is 296 g/mol. The second kappa shape index (κ2) is 7.43. The number of hydrogen-bond donors (Lipinski definition) is 2. The Morgan fingerprint density at radius 1 is 1.10 bits per heavy atom. The van der Waals surface area contributed by atoms with Crippen molar-refractivity contribution in [2.24, 2.45) is 5.92 Å². The third kappa shape index (κ3) is 4.72. The molecule has 0 bridgehead atoms. The zero-order valence-electron chi connectivity index (χ0n) is 12.3. The van der Waals surface area contributed by atoms with Gasteiger partial charge in [-0.1, -0.05) is 6.42 Å². The van der Waals surface area contributed by atoms with Crippen LogP contribution in [-0.2, 0) is 14.4 Å². The van der Waals surface area contributed by atoms with Crippen LogP contribution in [0.2, 0.25) is 0 Å². The number of likely N-dealkylation sites (tertiary alicyclic amines) is 1. The molecule has 0 spiro atoms. The standard InChI is InChI=1S/C15H24N2O4/c18-13(19)6-2-1-3-9-16-14(20)12-5-4-10-17(12)15(21)11-7-8-11/h11-12H,1-10H2,(H,16,20)(H,18,19). The molecule has 1 aliphatic carbocycles. The van der Waals surface area contributed by atoms with Gasteiger partial charge in [-0.05, 0) is 38.5 Å². The van der Waals surface area contributed by atoms with E-state index in [4.69, 9.17) is 5.11 Å². The molecule has 1 saturated carbocycles. The van der Waals surface area contributed by atoms with Crippen molar-refractivity contribution in [3.63, 3.8) is 0 Å². The molecule has 118 valence electrons. The first kappa shape index (κ1) is 15.8. The van der Waals surface area contributed by atoms with Crippen LogP contribution >= 0.6 is 0 Å². The SMILES string of the molecule is O=C(O)CCCCCNC(=O)C1CCCN1C(=O)C1CC1. The van der Waals surface area contributed by atoms with Gasteiger partial charge in [-0.25, -0.2) is 0 Å². The number of carbonyl (C=O) groups is 3. The van der Waals surface area contributed by atoms with Crippen molar-refractivity contribution in [2.75, 3.05) is 13.1 Å².